The predicted octanol–water partition coefficient (Wildman–Crippen LogP) is 2.92. The van der Waals surface area contributed by atoms with E-state index in [4.69, 9.17) is 0 Å². The molecule has 1 atom stereocenters. The summed E-state index contributed by atoms with van der Waals surface area (Å²) in [4.78, 5) is 18.4. The molecule has 1 unspecified atom stereocenters. The first-order valence-corrected chi connectivity index (χ1v) is 8.04. The molecular formula is C15H19N3O2S. The number of carbonyl (C=O) groups is 1. The number of aliphatic hydroxyl groups is 1. The van der Waals surface area contributed by atoms with Crippen LogP contribution >= 0.6 is 11.3 Å². The zero-order chi connectivity index (χ0) is 14.8. The number of nitrogens with one attached hydrogen (secondary N) is 1. The Morgan fingerprint density at radius 1 is 1.43 bits per heavy atom. The largest absolute Gasteiger partial charge is 0.393 e. The summed E-state index contributed by atoms with van der Waals surface area (Å²) in [6.07, 6.45) is 1.41. The van der Waals surface area contributed by atoms with Crippen molar-refractivity contribution in [3.05, 3.63) is 24.3 Å². The van der Waals surface area contributed by atoms with Crippen LogP contribution in [0.5, 0.6) is 0 Å². The summed E-state index contributed by atoms with van der Waals surface area (Å²) in [6, 6.07) is 7.74. The molecule has 1 aliphatic heterocycles. The topological polar surface area (TPSA) is 65.5 Å². The van der Waals surface area contributed by atoms with Crippen molar-refractivity contribution in [1.82, 2.24) is 9.88 Å². The van der Waals surface area contributed by atoms with Gasteiger partial charge in [0.25, 0.3) is 0 Å². The number of fused-ring (bicyclic) bond motifs is 1. The third kappa shape index (κ3) is 3.16. The van der Waals surface area contributed by atoms with Crippen molar-refractivity contribution >= 4 is 32.7 Å². The number of anilines is 1. The van der Waals surface area contributed by atoms with Crippen molar-refractivity contribution in [3.8, 4) is 0 Å². The quantitative estimate of drug-likeness (QED) is 0.896. The SMILES string of the molecule is CC(O)C1CCN(C(=O)Nc2nc3ccccc3s2)CC1. The van der Waals surface area contributed by atoms with E-state index in [2.05, 4.69) is 10.3 Å². The van der Waals surface area contributed by atoms with Gasteiger partial charge in [0.05, 0.1) is 16.3 Å². The van der Waals surface area contributed by atoms with Crippen LogP contribution in [0.1, 0.15) is 19.8 Å². The monoisotopic (exact) mass is 305 g/mol. The number of hydrogen-bond acceptors (Lipinski definition) is 4. The second-order valence-electron chi connectivity index (χ2n) is 5.48. The lowest BCUT2D eigenvalue weighted by Gasteiger charge is -2.32. The van der Waals surface area contributed by atoms with Crippen LogP contribution in [0.15, 0.2) is 24.3 Å². The molecule has 1 aliphatic rings. The van der Waals surface area contributed by atoms with Crippen LogP contribution < -0.4 is 5.32 Å². The first-order valence-electron chi connectivity index (χ1n) is 7.23. The summed E-state index contributed by atoms with van der Waals surface area (Å²) in [7, 11) is 0. The maximum atomic E-state index is 12.2. The van der Waals surface area contributed by atoms with Crippen LogP contribution in [0.3, 0.4) is 0 Å². The highest BCUT2D eigenvalue weighted by molar-refractivity contribution is 7.22. The molecule has 112 valence electrons. The van der Waals surface area contributed by atoms with Gasteiger partial charge in [0.1, 0.15) is 0 Å². The fourth-order valence-electron chi connectivity index (χ4n) is 2.68. The van der Waals surface area contributed by atoms with Gasteiger partial charge in [-0.15, -0.1) is 0 Å². The second-order valence-corrected chi connectivity index (χ2v) is 6.51. The summed E-state index contributed by atoms with van der Waals surface area (Å²) < 4.78 is 1.07. The summed E-state index contributed by atoms with van der Waals surface area (Å²) in [5.41, 5.74) is 0.908. The molecule has 0 aliphatic carbocycles. The maximum Gasteiger partial charge on any atom is 0.323 e. The Bertz CT molecular complexity index is 600. The van der Waals surface area contributed by atoms with Crippen molar-refractivity contribution in [3.63, 3.8) is 0 Å². The molecule has 3 rings (SSSR count). The minimum absolute atomic E-state index is 0.0990. The van der Waals surface area contributed by atoms with Crippen molar-refractivity contribution in [1.29, 1.82) is 0 Å². The Hall–Kier alpha value is -1.66. The van der Waals surface area contributed by atoms with Crippen LogP contribution in [0.2, 0.25) is 0 Å². The maximum absolute atomic E-state index is 12.2. The van der Waals surface area contributed by atoms with Crippen LogP contribution in [0.4, 0.5) is 9.93 Å². The average Bonchev–Trinajstić information content (AvgIpc) is 2.89. The van der Waals surface area contributed by atoms with Gasteiger partial charge in [-0.25, -0.2) is 9.78 Å². The van der Waals surface area contributed by atoms with Crippen LogP contribution in [-0.2, 0) is 0 Å². The predicted molar refractivity (Wildman–Crippen MR) is 84.6 cm³/mol. The number of hydrogen-bond donors (Lipinski definition) is 2. The van der Waals surface area contributed by atoms with Crippen molar-refractivity contribution < 1.29 is 9.90 Å². The smallest absolute Gasteiger partial charge is 0.323 e. The number of para-hydroxylation sites is 1. The molecule has 0 spiro atoms. The van der Waals surface area contributed by atoms with Crippen LogP contribution in [0, 0.1) is 5.92 Å². The molecule has 1 fully saturated rings. The van der Waals surface area contributed by atoms with Gasteiger partial charge in [0.2, 0.25) is 0 Å². The fraction of sp³-hybridized carbons (Fsp3) is 0.467. The minimum Gasteiger partial charge on any atom is -0.393 e. The Balaban J connectivity index is 1.61. The number of thiazole rings is 1. The molecule has 2 amide bonds. The molecule has 0 radical (unpaired) electrons. The van der Waals surface area contributed by atoms with Gasteiger partial charge in [-0.05, 0) is 37.8 Å². The zero-order valence-electron chi connectivity index (χ0n) is 12.0. The first-order chi connectivity index (χ1) is 10.1. The molecule has 5 nitrogen and oxygen atoms in total. The normalized spacial score (nSPS) is 17.9. The van der Waals surface area contributed by atoms with E-state index in [-0.39, 0.29) is 12.1 Å². The molecule has 0 saturated carbocycles. The number of piperidine rings is 1. The number of benzene rings is 1. The zero-order valence-corrected chi connectivity index (χ0v) is 12.8. The van der Waals surface area contributed by atoms with E-state index in [1.54, 1.807) is 4.90 Å². The molecule has 1 saturated heterocycles. The number of nitrogens with zero attached hydrogens (tertiary/aromatic N) is 2. The highest BCUT2D eigenvalue weighted by atomic mass is 32.1. The van der Waals surface area contributed by atoms with Gasteiger partial charge < -0.3 is 10.0 Å². The standard InChI is InChI=1S/C15H19N3O2S/c1-10(19)11-6-8-18(9-7-11)15(20)17-14-16-12-4-2-3-5-13(12)21-14/h2-5,10-11,19H,6-9H2,1H3,(H,16,17,20). The second kappa shape index (κ2) is 5.99. The number of likely N-dealkylation sites (tertiary alicyclic amines) is 1. The highest BCUT2D eigenvalue weighted by Gasteiger charge is 2.25. The van der Waals surface area contributed by atoms with Crippen molar-refractivity contribution in [2.24, 2.45) is 5.92 Å². The lowest BCUT2D eigenvalue weighted by molar-refractivity contribution is 0.0820. The number of aromatic nitrogens is 1. The van der Waals surface area contributed by atoms with E-state index in [1.165, 1.54) is 11.3 Å². The molecule has 1 aromatic heterocycles. The molecule has 1 aromatic carbocycles. The molecule has 2 heterocycles. The number of aliphatic hydroxyl groups excluding tert-OH is 1. The van der Waals surface area contributed by atoms with Crippen LogP contribution in [0.25, 0.3) is 10.2 Å². The Labute approximate surface area is 127 Å². The molecule has 2 aromatic rings. The van der Waals surface area contributed by atoms with E-state index in [1.807, 2.05) is 31.2 Å². The van der Waals surface area contributed by atoms with Crippen molar-refractivity contribution in [2.75, 3.05) is 18.4 Å². The van der Waals surface area contributed by atoms with Gasteiger partial charge in [-0.1, -0.05) is 23.5 Å². The number of urea groups is 1. The van der Waals surface area contributed by atoms with E-state index in [0.717, 1.165) is 23.1 Å². The number of rotatable bonds is 2. The lowest BCUT2D eigenvalue weighted by atomic mass is 9.92. The highest BCUT2D eigenvalue weighted by Crippen LogP contribution is 2.26. The van der Waals surface area contributed by atoms with Gasteiger partial charge in [0, 0.05) is 13.1 Å². The molecule has 21 heavy (non-hydrogen) atoms. The minimum atomic E-state index is -0.292. The molecule has 6 heteroatoms. The lowest BCUT2D eigenvalue weighted by Crippen LogP contribution is -2.42. The van der Waals surface area contributed by atoms with Crippen molar-refractivity contribution in [2.45, 2.75) is 25.9 Å². The van der Waals surface area contributed by atoms with E-state index in [9.17, 15) is 9.90 Å². The molecule has 2 N–H and O–H groups in total. The Morgan fingerprint density at radius 3 is 2.81 bits per heavy atom. The summed E-state index contributed by atoms with van der Waals surface area (Å²) in [5.74, 6) is 0.302. The van der Waals surface area contributed by atoms with Crippen LogP contribution in [-0.4, -0.2) is 40.2 Å². The summed E-state index contributed by atoms with van der Waals surface area (Å²) >= 11 is 1.49. The summed E-state index contributed by atoms with van der Waals surface area (Å²) in [6.45, 7) is 3.19. The third-order valence-corrected chi connectivity index (χ3v) is 4.97. The van der Waals surface area contributed by atoms with Gasteiger partial charge in [-0.2, -0.15) is 0 Å². The number of amides is 2. The first kappa shape index (κ1) is 14.3. The van der Waals surface area contributed by atoms with E-state index < -0.39 is 0 Å². The number of carbonyl (C=O) groups excluding carboxylic acids is 1. The third-order valence-electron chi connectivity index (χ3n) is 4.02. The van der Waals surface area contributed by atoms with E-state index in [0.29, 0.717) is 24.1 Å². The average molecular weight is 305 g/mol. The Morgan fingerprint density at radius 2 is 2.14 bits per heavy atom. The molecule has 0 bridgehead atoms. The Kier molecular flexibility index (Phi) is 4.07. The fourth-order valence-corrected chi connectivity index (χ4v) is 3.54. The van der Waals surface area contributed by atoms with Gasteiger partial charge in [0.15, 0.2) is 5.13 Å². The van der Waals surface area contributed by atoms with E-state index >= 15 is 0 Å². The van der Waals surface area contributed by atoms with Gasteiger partial charge >= 0.3 is 6.03 Å². The summed E-state index contributed by atoms with van der Waals surface area (Å²) in [5, 5.41) is 13.1. The van der Waals surface area contributed by atoms with Gasteiger partial charge in [-0.3, -0.25) is 5.32 Å². The molecular weight excluding hydrogens is 286 g/mol.